The summed E-state index contributed by atoms with van der Waals surface area (Å²) in [5.74, 6) is -0.846. The summed E-state index contributed by atoms with van der Waals surface area (Å²) in [6.07, 6.45) is 0. The third kappa shape index (κ3) is 3.77. The van der Waals surface area contributed by atoms with Crippen LogP contribution < -0.4 is 0 Å². The molecule has 0 aliphatic rings. The van der Waals surface area contributed by atoms with Crippen LogP contribution >= 0.6 is 0 Å². The van der Waals surface area contributed by atoms with E-state index in [9.17, 15) is 14.9 Å². The van der Waals surface area contributed by atoms with Gasteiger partial charge in [-0.1, -0.05) is 26.0 Å². The van der Waals surface area contributed by atoms with Gasteiger partial charge >= 0.3 is 5.97 Å². The van der Waals surface area contributed by atoms with E-state index in [2.05, 4.69) is 0 Å². The zero-order valence-corrected chi connectivity index (χ0v) is 12.2. The Morgan fingerprint density at radius 1 is 1.40 bits per heavy atom. The molecule has 0 spiro atoms. The van der Waals surface area contributed by atoms with Crippen molar-refractivity contribution in [2.75, 3.05) is 7.05 Å². The Bertz CT molecular complexity index is 514. The predicted octanol–water partition coefficient (Wildman–Crippen LogP) is 2.62. The largest absolute Gasteiger partial charge is 0.480 e. The van der Waals surface area contributed by atoms with Crippen LogP contribution in [0.1, 0.15) is 37.8 Å². The molecule has 0 saturated heterocycles. The van der Waals surface area contributed by atoms with Crippen LogP contribution in [0.15, 0.2) is 18.2 Å². The van der Waals surface area contributed by atoms with E-state index in [1.54, 1.807) is 24.9 Å². The molecule has 1 N–H and O–H groups in total. The van der Waals surface area contributed by atoms with E-state index in [1.807, 2.05) is 19.9 Å². The molecule has 0 aliphatic heterocycles. The topological polar surface area (TPSA) is 83.7 Å². The quantitative estimate of drug-likeness (QED) is 0.639. The molecule has 0 heterocycles. The number of rotatable bonds is 6. The lowest BCUT2D eigenvalue weighted by Crippen LogP contribution is -2.35. The minimum absolute atomic E-state index is 0.0696. The molecule has 0 radical (unpaired) electrons. The molecule has 6 nitrogen and oxygen atoms in total. The number of hydrogen-bond acceptors (Lipinski definition) is 4. The van der Waals surface area contributed by atoms with Gasteiger partial charge in [0.1, 0.15) is 6.04 Å². The van der Waals surface area contributed by atoms with Crippen LogP contribution in [-0.4, -0.2) is 34.0 Å². The van der Waals surface area contributed by atoms with Crippen molar-refractivity contribution in [2.45, 2.75) is 39.3 Å². The highest BCUT2D eigenvalue weighted by Crippen LogP contribution is 2.27. The highest BCUT2D eigenvalue weighted by atomic mass is 16.6. The molecule has 110 valence electrons. The summed E-state index contributed by atoms with van der Waals surface area (Å²) in [7, 11) is 1.68. The van der Waals surface area contributed by atoms with Crippen molar-refractivity contribution in [3.05, 3.63) is 39.4 Å². The standard InChI is InChI=1S/C14H20N2O4/c1-9(2)12-6-5-11(7-13(12)16(19)20)8-15(4)10(3)14(17)18/h5-7,9-10H,8H2,1-4H3,(H,17,18). The minimum atomic E-state index is -0.916. The lowest BCUT2D eigenvalue weighted by atomic mass is 9.99. The first-order valence-electron chi connectivity index (χ1n) is 6.44. The Kier molecular flexibility index (Phi) is 5.21. The molecule has 1 rings (SSSR count). The van der Waals surface area contributed by atoms with Crippen LogP contribution in [0.3, 0.4) is 0 Å². The lowest BCUT2D eigenvalue weighted by molar-refractivity contribution is -0.385. The van der Waals surface area contributed by atoms with Gasteiger partial charge in [0.2, 0.25) is 0 Å². The van der Waals surface area contributed by atoms with Crippen LogP contribution in [0.5, 0.6) is 0 Å². The fourth-order valence-electron chi connectivity index (χ4n) is 1.95. The number of aliphatic carboxylic acids is 1. The summed E-state index contributed by atoms with van der Waals surface area (Å²) >= 11 is 0. The molecule has 20 heavy (non-hydrogen) atoms. The third-order valence-corrected chi connectivity index (χ3v) is 3.36. The summed E-state index contributed by atoms with van der Waals surface area (Å²) in [4.78, 5) is 23.2. The number of carboxylic acid groups (broad SMARTS) is 1. The van der Waals surface area contributed by atoms with Gasteiger partial charge in [0.15, 0.2) is 0 Å². The smallest absolute Gasteiger partial charge is 0.320 e. The summed E-state index contributed by atoms with van der Waals surface area (Å²) < 4.78 is 0. The summed E-state index contributed by atoms with van der Waals surface area (Å²) in [6, 6.07) is 4.45. The second-order valence-electron chi connectivity index (χ2n) is 5.23. The molecule has 1 aromatic carbocycles. The highest BCUT2D eigenvalue weighted by Gasteiger charge is 2.20. The van der Waals surface area contributed by atoms with Crippen LogP contribution in [0.4, 0.5) is 5.69 Å². The van der Waals surface area contributed by atoms with Crippen LogP contribution in [0, 0.1) is 10.1 Å². The number of benzene rings is 1. The predicted molar refractivity (Wildman–Crippen MR) is 75.8 cm³/mol. The molecular formula is C14H20N2O4. The van der Waals surface area contributed by atoms with E-state index in [-0.39, 0.29) is 16.5 Å². The molecule has 0 aromatic heterocycles. The van der Waals surface area contributed by atoms with Crippen LogP contribution in [0.25, 0.3) is 0 Å². The summed E-state index contributed by atoms with van der Waals surface area (Å²) in [5, 5.41) is 20.0. The van der Waals surface area contributed by atoms with Gasteiger partial charge in [0.05, 0.1) is 4.92 Å². The summed E-state index contributed by atoms with van der Waals surface area (Å²) in [6.45, 7) is 5.74. The van der Waals surface area contributed by atoms with Crippen LogP contribution in [0.2, 0.25) is 0 Å². The van der Waals surface area contributed by atoms with E-state index >= 15 is 0 Å². The van der Waals surface area contributed by atoms with Gasteiger partial charge < -0.3 is 5.11 Å². The van der Waals surface area contributed by atoms with Gasteiger partial charge in [-0.3, -0.25) is 19.8 Å². The first kappa shape index (κ1) is 16.1. The number of carbonyl (C=O) groups is 1. The molecule has 1 atom stereocenters. The van der Waals surface area contributed by atoms with Crippen molar-refractivity contribution in [2.24, 2.45) is 0 Å². The van der Waals surface area contributed by atoms with Crippen molar-refractivity contribution in [3.63, 3.8) is 0 Å². The number of likely N-dealkylation sites (N-methyl/N-ethyl adjacent to an activating group) is 1. The average molecular weight is 280 g/mol. The molecule has 6 heteroatoms. The molecule has 1 aromatic rings. The Balaban J connectivity index is 3.01. The minimum Gasteiger partial charge on any atom is -0.480 e. The Labute approximate surface area is 118 Å². The third-order valence-electron chi connectivity index (χ3n) is 3.36. The van der Waals surface area contributed by atoms with Crippen molar-refractivity contribution >= 4 is 11.7 Å². The first-order chi connectivity index (χ1) is 9.23. The van der Waals surface area contributed by atoms with Gasteiger partial charge in [-0.15, -0.1) is 0 Å². The number of hydrogen-bond donors (Lipinski definition) is 1. The normalized spacial score (nSPS) is 12.7. The van der Waals surface area contributed by atoms with E-state index in [1.165, 1.54) is 6.07 Å². The SMILES string of the molecule is CC(C)c1ccc(CN(C)C(C)C(=O)O)cc1[N+](=O)[O-]. The Morgan fingerprint density at radius 2 is 2.00 bits per heavy atom. The first-order valence-corrected chi connectivity index (χ1v) is 6.44. The van der Waals surface area contributed by atoms with Gasteiger partial charge in [0.25, 0.3) is 5.69 Å². The maximum absolute atomic E-state index is 11.1. The molecule has 0 fully saturated rings. The van der Waals surface area contributed by atoms with E-state index in [0.29, 0.717) is 12.1 Å². The molecule has 0 bridgehead atoms. The molecule has 0 amide bonds. The van der Waals surface area contributed by atoms with E-state index < -0.39 is 12.0 Å². The molecular weight excluding hydrogens is 260 g/mol. The maximum Gasteiger partial charge on any atom is 0.320 e. The number of nitro benzene ring substituents is 1. The van der Waals surface area contributed by atoms with Crippen molar-refractivity contribution in [3.8, 4) is 0 Å². The lowest BCUT2D eigenvalue weighted by Gasteiger charge is -2.21. The Hall–Kier alpha value is -1.95. The van der Waals surface area contributed by atoms with E-state index in [4.69, 9.17) is 5.11 Å². The number of nitrogens with zero attached hydrogens (tertiary/aromatic N) is 2. The van der Waals surface area contributed by atoms with Crippen molar-refractivity contribution in [1.29, 1.82) is 0 Å². The van der Waals surface area contributed by atoms with Crippen molar-refractivity contribution < 1.29 is 14.8 Å². The van der Waals surface area contributed by atoms with Gasteiger partial charge in [-0.2, -0.15) is 0 Å². The molecule has 0 aliphatic carbocycles. The van der Waals surface area contributed by atoms with Crippen LogP contribution in [-0.2, 0) is 11.3 Å². The number of nitro groups is 1. The van der Waals surface area contributed by atoms with Crippen molar-refractivity contribution in [1.82, 2.24) is 4.90 Å². The fourth-order valence-corrected chi connectivity index (χ4v) is 1.95. The van der Waals surface area contributed by atoms with Gasteiger partial charge in [-0.25, -0.2) is 0 Å². The number of carboxylic acids is 1. The van der Waals surface area contributed by atoms with Gasteiger partial charge in [0, 0.05) is 18.2 Å². The zero-order chi connectivity index (χ0) is 15.4. The molecule has 1 unspecified atom stereocenters. The second kappa shape index (κ2) is 6.47. The summed E-state index contributed by atoms with van der Waals surface area (Å²) in [5.41, 5.74) is 1.51. The molecule has 0 saturated carbocycles. The highest BCUT2D eigenvalue weighted by molar-refractivity contribution is 5.72. The maximum atomic E-state index is 11.1. The monoisotopic (exact) mass is 280 g/mol. The van der Waals surface area contributed by atoms with Gasteiger partial charge in [-0.05, 0) is 25.5 Å². The second-order valence-corrected chi connectivity index (χ2v) is 5.23. The van der Waals surface area contributed by atoms with E-state index in [0.717, 1.165) is 5.56 Å². The fraction of sp³-hybridized carbons (Fsp3) is 0.500. The zero-order valence-electron chi connectivity index (χ0n) is 12.2. The average Bonchev–Trinajstić information content (AvgIpc) is 2.37. The Morgan fingerprint density at radius 3 is 2.45 bits per heavy atom.